The molecule has 4 nitrogen and oxygen atoms in total. The molecule has 1 heterocycles. The predicted octanol–water partition coefficient (Wildman–Crippen LogP) is 4.14. The van der Waals surface area contributed by atoms with Gasteiger partial charge in [-0.2, -0.15) is 0 Å². The van der Waals surface area contributed by atoms with Crippen LogP contribution >= 0.6 is 15.9 Å². The lowest BCUT2D eigenvalue weighted by Crippen LogP contribution is -2.60. The number of nitrogens with zero attached hydrogens (tertiary/aromatic N) is 2. The van der Waals surface area contributed by atoms with Crippen LogP contribution in [0, 0.1) is 23.2 Å². The van der Waals surface area contributed by atoms with Gasteiger partial charge in [0.15, 0.2) is 5.82 Å². The number of hydrogen-bond acceptors (Lipinski definition) is 2. The fourth-order valence-electron chi connectivity index (χ4n) is 4.94. The molecule has 1 amide bonds. The summed E-state index contributed by atoms with van der Waals surface area (Å²) in [6, 6.07) is 6.16. The molecular formula is C19H24BrN3O. The first-order valence-electron chi connectivity index (χ1n) is 8.72. The zero-order valence-electron chi connectivity index (χ0n) is 14.6. The molecule has 2 bridgehead atoms. The molecule has 24 heavy (non-hydrogen) atoms. The van der Waals surface area contributed by atoms with Crippen LogP contribution in [0.3, 0.4) is 0 Å². The summed E-state index contributed by atoms with van der Waals surface area (Å²) in [7, 11) is 1.90. The highest BCUT2D eigenvalue weighted by atomic mass is 79.9. The molecule has 5 rings (SSSR count). The number of carbonyl (C=O) groups excluding carboxylic acids is 1. The van der Waals surface area contributed by atoms with Crippen LogP contribution in [0.2, 0.25) is 0 Å². The minimum atomic E-state index is -0.0548. The van der Waals surface area contributed by atoms with Crippen LogP contribution in [0.25, 0.3) is 11.0 Å². The Kier molecular flexibility index (Phi) is 3.57. The highest BCUT2D eigenvalue weighted by molar-refractivity contribution is 9.10. The minimum absolute atomic E-state index is 0.0548. The van der Waals surface area contributed by atoms with E-state index >= 15 is 0 Å². The Balaban J connectivity index is 1.56. The topological polar surface area (TPSA) is 46.9 Å². The number of fused-ring (bicyclic) bond motifs is 3. The molecule has 0 radical (unpaired) electrons. The van der Waals surface area contributed by atoms with E-state index in [4.69, 9.17) is 0 Å². The number of nitrogens with one attached hydrogen (secondary N) is 1. The normalized spacial score (nSPS) is 30.9. The van der Waals surface area contributed by atoms with Gasteiger partial charge in [0, 0.05) is 17.6 Å². The van der Waals surface area contributed by atoms with Crippen molar-refractivity contribution in [2.24, 2.45) is 30.2 Å². The van der Waals surface area contributed by atoms with Crippen LogP contribution in [0.4, 0.5) is 0 Å². The zero-order valence-corrected chi connectivity index (χ0v) is 16.2. The van der Waals surface area contributed by atoms with Crippen LogP contribution in [0.1, 0.15) is 44.2 Å². The van der Waals surface area contributed by atoms with Gasteiger partial charge in [0.2, 0.25) is 0 Å². The molecule has 1 N–H and O–H groups in total. The van der Waals surface area contributed by atoms with Gasteiger partial charge in [-0.3, -0.25) is 4.79 Å². The van der Waals surface area contributed by atoms with E-state index in [-0.39, 0.29) is 11.9 Å². The van der Waals surface area contributed by atoms with Crippen LogP contribution in [-0.4, -0.2) is 21.5 Å². The lowest BCUT2D eigenvalue weighted by Gasteiger charge is -2.62. The van der Waals surface area contributed by atoms with E-state index in [0.717, 1.165) is 33.8 Å². The number of aromatic nitrogens is 2. The maximum atomic E-state index is 12.8. The molecule has 3 aliphatic carbocycles. The fourth-order valence-corrected chi connectivity index (χ4v) is 5.29. The van der Waals surface area contributed by atoms with Crippen molar-refractivity contribution >= 4 is 32.9 Å². The van der Waals surface area contributed by atoms with Gasteiger partial charge in [0.1, 0.15) is 0 Å². The van der Waals surface area contributed by atoms with Crippen molar-refractivity contribution in [2.75, 3.05) is 0 Å². The summed E-state index contributed by atoms with van der Waals surface area (Å²) in [5.41, 5.74) is 2.26. The lowest BCUT2D eigenvalue weighted by molar-refractivity contribution is -0.113. The lowest BCUT2D eigenvalue weighted by atomic mass is 9.45. The van der Waals surface area contributed by atoms with Gasteiger partial charge in [-0.25, -0.2) is 4.98 Å². The second-order valence-corrected chi connectivity index (χ2v) is 9.08. The number of benzene rings is 1. The summed E-state index contributed by atoms with van der Waals surface area (Å²) in [5, 5.41) is 3.27. The average molecular weight is 390 g/mol. The maximum Gasteiger partial charge on any atom is 0.287 e. The third-order valence-electron chi connectivity index (χ3n) is 6.72. The maximum absolute atomic E-state index is 12.8. The van der Waals surface area contributed by atoms with Gasteiger partial charge in [0.05, 0.1) is 11.0 Å². The van der Waals surface area contributed by atoms with E-state index in [1.807, 2.05) is 29.8 Å². The van der Waals surface area contributed by atoms with Gasteiger partial charge < -0.3 is 9.88 Å². The van der Waals surface area contributed by atoms with Crippen LogP contribution in [0.15, 0.2) is 22.7 Å². The van der Waals surface area contributed by atoms with E-state index in [2.05, 4.69) is 47.0 Å². The van der Waals surface area contributed by atoms with Crippen molar-refractivity contribution in [1.82, 2.24) is 14.9 Å². The molecule has 1 aromatic carbocycles. The Bertz CT molecular complexity index is 825. The van der Waals surface area contributed by atoms with Gasteiger partial charge in [-0.15, -0.1) is 0 Å². The highest BCUT2D eigenvalue weighted by Gasteiger charge is 2.56. The first kappa shape index (κ1) is 16.1. The van der Waals surface area contributed by atoms with Crippen molar-refractivity contribution in [2.45, 2.75) is 39.7 Å². The van der Waals surface area contributed by atoms with Crippen LogP contribution in [0.5, 0.6) is 0 Å². The summed E-state index contributed by atoms with van der Waals surface area (Å²) in [6.45, 7) is 7.05. The van der Waals surface area contributed by atoms with Gasteiger partial charge in [-0.1, -0.05) is 36.7 Å². The van der Waals surface area contributed by atoms with Crippen molar-refractivity contribution in [3.05, 3.63) is 28.5 Å². The van der Waals surface area contributed by atoms with E-state index < -0.39 is 0 Å². The van der Waals surface area contributed by atoms with E-state index in [1.165, 1.54) is 6.42 Å². The third-order valence-corrected chi connectivity index (χ3v) is 7.21. The number of rotatable bonds is 2. The Labute approximate surface area is 151 Å². The third kappa shape index (κ3) is 2.24. The molecule has 128 valence electrons. The Morgan fingerprint density at radius 2 is 2.12 bits per heavy atom. The molecule has 3 saturated carbocycles. The van der Waals surface area contributed by atoms with Gasteiger partial charge >= 0.3 is 0 Å². The first-order valence-corrected chi connectivity index (χ1v) is 9.51. The summed E-state index contributed by atoms with van der Waals surface area (Å²) >= 11 is 3.48. The molecule has 3 fully saturated rings. The highest BCUT2D eigenvalue weighted by Crippen LogP contribution is 2.61. The van der Waals surface area contributed by atoms with Gasteiger partial charge in [-0.05, 0) is 54.2 Å². The quantitative estimate of drug-likeness (QED) is 0.838. The molecule has 0 saturated heterocycles. The average Bonchev–Trinajstić information content (AvgIpc) is 2.85. The van der Waals surface area contributed by atoms with E-state index in [1.54, 1.807) is 0 Å². The summed E-state index contributed by atoms with van der Waals surface area (Å²) < 4.78 is 2.88. The number of amides is 1. The molecule has 1 aromatic heterocycles. The van der Waals surface area contributed by atoms with E-state index in [0.29, 0.717) is 17.2 Å². The van der Waals surface area contributed by atoms with Crippen molar-refractivity contribution in [3.8, 4) is 0 Å². The molecule has 4 atom stereocenters. The van der Waals surface area contributed by atoms with Crippen LogP contribution < -0.4 is 5.32 Å². The Hall–Kier alpha value is -1.36. The van der Waals surface area contributed by atoms with Crippen molar-refractivity contribution in [3.63, 3.8) is 0 Å². The second kappa shape index (κ2) is 5.32. The van der Waals surface area contributed by atoms with Crippen LogP contribution in [-0.2, 0) is 7.05 Å². The van der Waals surface area contributed by atoms with Crippen molar-refractivity contribution in [1.29, 1.82) is 0 Å². The largest absolute Gasteiger partial charge is 0.346 e. The monoisotopic (exact) mass is 389 g/mol. The molecule has 0 spiro atoms. The number of hydrogen-bond donors (Lipinski definition) is 1. The number of halogens is 1. The van der Waals surface area contributed by atoms with Crippen molar-refractivity contribution < 1.29 is 4.79 Å². The molecule has 3 aliphatic rings. The standard InChI is InChI=1S/C19H24BrN3O/c1-10-13-7-11(19(13,2)3)8-15(10)22-18(24)17-21-14-6-5-12(20)9-16(14)23(17)4/h5-6,9-11,13,15H,7-8H2,1-4H3,(H,22,24)/t10-,11+,13-,15-/m1/s1. The summed E-state index contributed by atoms with van der Waals surface area (Å²) in [6.07, 6.45) is 2.41. The number of aryl methyl sites for hydroxylation is 1. The molecular weight excluding hydrogens is 366 g/mol. The number of imidazole rings is 1. The zero-order chi connectivity index (χ0) is 17.2. The fraction of sp³-hybridized carbons (Fsp3) is 0.579. The second-order valence-electron chi connectivity index (χ2n) is 8.16. The summed E-state index contributed by atoms with van der Waals surface area (Å²) in [5.74, 6) is 2.42. The first-order chi connectivity index (χ1) is 11.3. The minimum Gasteiger partial charge on any atom is -0.346 e. The number of carbonyl (C=O) groups is 1. The smallest absolute Gasteiger partial charge is 0.287 e. The molecule has 5 heteroatoms. The summed E-state index contributed by atoms with van der Waals surface area (Å²) in [4.78, 5) is 17.3. The molecule has 0 aliphatic heterocycles. The van der Waals surface area contributed by atoms with Gasteiger partial charge in [0.25, 0.3) is 5.91 Å². The SMILES string of the molecule is C[C@@H]1[C@H]2C[C@@H](C[C@H]1NC(=O)c1nc3ccc(Br)cc3n1C)C2(C)C. The molecule has 0 unspecified atom stereocenters. The predicted molar refractivity (Wildman–Crippen MR) is 98.8 cm³/mol. The van der Waals surface area contributed by atoms with E-state index in [9.17, 15) is 4.79 Å². The molecule has 2 aromatic rings. The Morgan fingerprint density at radius 1 is 1.38 bits per heavy atom. The Morgan fingerprint density at radius 3 is 2.79 bits per heavy atom.